The lowest BCUT2D eigenvalue weighted by atomic mass is 10.00. The third-order valence-corrected chi connectivity index (χ3v) is 23.0. The first kappa shape index (κ1) is 105. The first-order valence-electron chi connectivity index (χ1n) is 45.5. The maximum atomic E-state index is 13.2. The normalized spacial score (nSPS) is 14.0. The minimum atomic E-state index is -4.97. The molecular weight excluding hydrogens is 1390 g/mol. The van der Waals surface area contributed by atoms with E-state index < -0.39 is 97.5 Å². The topological polar surface area (TPSA) is 237 Å². The van der Waals surface area contributed by atoms with Crippen molar-refractivity contribution < 1.29 is 80.2 Å². The van der Waals surface area contributed by atoms with Crippen molar-refractivity contribution >= 4 is 39.5 Å². The van der Waals surface area contributed by atoms with Gasteiger partial charge < -0.3 is 33.8 Å². The first-order valence-corrected chi connectivity index (χ1v) is 48.5. The van der Waals surface area contributed by atoms with Crippen LogP contribution >= 0.6 is 15.6 Å². The molecule has 107 heavy (non-hydrogen) atoms. The Kier molecular flexibility index (Phi) is 77.9. The van der Waals surface area contributed by atoms with E-state index in [1.54, 1.807) is 0 Å². The van der Waals surface area contributed by atoms with Crippen LogP contribution in [0.25, 0.3) is 0 Å². The zero-order valence-corrected chi connectivity index (χ0v) is 72.2. The maximum Gasteiger partial charge on any atom is 0.472 e. The summed E-state index contributed by atoms with van der Waals surface area (Å²) in [6.45, 7) is 9.63. The van der Waals surface area contributed by atoms with Gasteiger partial charge in [-0.1, -0.05) is 420 Å². The van der Waals surface area contributed by atoms with E-state index in [4.69, 9.17) is 37.0 Å². The second kappa shape index (κ2) is 79.3. The molecule has 0 amide bonds. The molecule has 6 atom stereocenters. The Morgan fingerprint density at radius 3 is 0.710 bits per heavy atom. The van der Waals surface area contributed by atoms with Crippen LogP contribution in [0, 0.1) is 11.8 Å². The van der Waals surface area contributed by atoms with Crippen LogP contribution in [0.15, 0.2) is 0 Å². The molecule has 19 heteroatoms. The van der Waals surface area contributed by atoms with E-state index in [9.17, 15) is 43.2 Å². The number of ether oxygens (including phenoxy) is 4. The van der Waals surface area contributed by atoms with Crippen LogP contribution in [0.3, 0.4) is 0 Å². The zero-order chi connectivity index (χ0) is 78.5. The molecule has 0 radical (unpaired) electrons. The van der Waals surface area contributed by atoms with E-state index in [1.807, 2.05) is 0 Å². The minimum Gasteiger partial charge on any atom is -0.462 e. The van der Waals surface area contributed by atoms with Gasteiger partial charge in [0.25, 0.3) is 0 Å². The van der Waals surface area contributed by atoms with Crippen LogP contribution in [-0.4, -0.2) is 96.7 Å². The molecule has 0 aromatic carbocycles. The fourth-order valence-electron chi connectivity index (χ4n) is 13.7. The summed E-state index contributed by atoms with van der Waals surface area (Å²) in [5, 5.41) is 10.7. The zero-order valence-electron chi connectivity index (χ0n) is 70.5. The highest BCUT2D eigenvalue weighted by atomic mass is 31.2. The van der Waals surface area contributed by atoms with E-state index in [0.29, 0.717) is 25.7 Å². The molecular formula is C88H172O17P2. The van der Waals surface area contributed by atoms with E-state index in [-0.39, 0.29) is 25.7 Å². The predicted molar refractivity (Wildman–Crippen MR) is 442 cm³/mol. The molecule has 0 aromatic heterocycles. The third-order valence-electron chi connectivity index (χ3n) is 21.1. The van der Waals surface area contributed by atoms with Gasteiger partial charge in [-0.2, -0.15) is 0 Å². The lowest BCUT2D eigenvalue weighted by Crippen LogP contribution is -2.30. The summed E-state index contributed by atoms with van der Waals surface area (Å²) in [4.78, 5) is 73.2. The highest BCUT2D eigenvalue weighted by Gasteiger charge is 2.31. The molecule has 0 aliphatic carbocycles. The second-order valence-corrected chi connectivity index (χ2v) is 35.3. The summed E-state index contributed by atoms with van der Waals surface area (Å²) in [5.41, 5.74) is 0. The third kappa shape index (κ3) is 80.5. The SMILES string of the molecule is CCCCCCCCCCCCCCCCCCCCCCCCC(=O)O[C@H](COC(=O)CCCCCCCCCCCCCCCCCCCCCCC)COP(=O)(O)OC[C@@H](O)COP(=O)(O)OC[C@@H](COC(=O)CCCCCCCCC(C)CC)OC(=O)CCCCCCCCCCCCCC(C)C. The van der Waals surface area contributed by atoms with Crippen LogP contribution in [-0.2, 0) is 65.4 Å². The van der Waals surface area contributed by atoms with Gasteiger partial charge >= 0.3 is 39.5 Å². The van der Waals surface area contributed by atoms with E-state index in [2.05, 4.69) is 41.5 Å². The van der Waals surface area contributed by atoms with Crippen molar-refractivity contribution in [1.29, 1.82) is 0 Å². The standard InChI is InChI=1S/C88H172O17P2/c1-7-10-12-14-16-18-20-22-24-26-28-30-32-34-36-38-40-44-48-52-60-66-72-87(92)104-83(76-98-85(90)70-64-58-51-47-43-39-37-35-33-31-29-27-25-23-21-19-17-15-13-11-8-2)78-102-106(94,95)100-74-82(89)75-101-107(96,97)103-79-84(77-99-86(91)71-65-59-55-54-57-63-69-81(6)9-3)105-88(93)73-67-61-53-49-45-41-42-46-50-56-62-68-80(4)5/h80-84,89H,7-79H2,1-6H3,(H,94,95)(H,96,97)/t81?,82-,83-,84-/m1/s1. The summed E-state index contributed by atoms with van der Waals surface area (Å²) < 4.78 is 68.9. The van der Waals surface area contributed by atoms with Gasteiger partial charge in [0.1, 0.15) is 19.3 Å². The van der Waals surface area contributed by atoms with E-state index >= 15 is 0 Å². The number of phosphoric ester groups is 2. The lowest BCUT2D eigenvalue weighted by Gasteiger charge is -2.21. The van der Waals surface area contributed by atoms with Gasteiger partial charge in [-0.05, 0) is 37.5 Å². The van der Waals surface area contributed by atoms with Crippen molar-refractivity contribution in [3.63, 3.8) is 0 Å². The number of unbranched alkanes of at least 4 members (excludes halogenated alkanes) is 56. The predicted octanol–water partition coefficient (Wildman–Crippen LogP) is 27.0. The molecule has 17 nitrogen and oxygen atoms in total. The summed E-state index contributed by atoms with van der Waals surface area (Å²) in [7, 11) is -9.93. The molecule has 0 aliphatic rings. The molecule has 0 aliphatic heterocycles. The van der Waals surface area contributed by atoms with Crippen molar-refractivity contribution in [2.45, 2.75) is 490 Å². The van der Waals surface area contributed by atoms with Gasteiger partial charge in [0, 0.05) is 25.7 Å². The van der Waals surface area contributed by atoms with Gasteiger partial charge in [-0.3, -0.25) is 37.3 Å². The average Bonchev–Trinajstić information content (AvgIpc) is 0.902. The van der Waals surface area contributed by atoms with Gasteiger partial charge in [0.05, 0.1) is 26.4 Å². The van der Waals surface area contributed by atoms with E-state index in [1.165, 1.54) is 283 Å². The number of esters is 4. The molecule has 0 aromatic rings. The van der Waals surface area contributed by atoms with Crippen molar-refractivity contribution in [2.24, 2.45) is 11.8 Å². The van der Waals surface area contributed by atoms with Crippen LogP contribution in [0.4, 0.5) is 0 Å². The Balaban J connectivity index is 5.21. The molecule has 0 heterocycles. The Hall–Kier alpha value is -1.94. The van der Waals surface area contributed by atoms with Crippen LogP contribution in [0.5, 0.6) is 0 Å². The van der Waals surface area contributed by atoms with Crippen LogP contribution in [0.1, 0.15) is 472 Å². The maximum absolute atomic E-state index is 13.2. The quantitative estimate of drug-likeness (QED) is 0.0222. The number of carbonyl (C=O) groups is 4. The molecule has 3 N–H and O–H groups in total. The molecule has 0 bridgehead atoms. The number of rotatable bonds is 87. The van der Waals surface area contributed by atoms with Crippen molar-refractivity contribution in [3.8, 4) is 0 Å². The lowest BCUT2D eigenvalue weighted by molar-refractivity contribution is -0.161. The highest BCUT2D eigenvalue weighted by Crippen LogP contribution is 2.45. The molecule has 636 valence electrons. The largest absolute Gasteiger partial charge is 0.472 e. The minimum absolute atomic E-state index is 0.106. The number of hydrogen-bond acceptors (Lipinski definition) is 15. The summed E-state index contributed by atoms with van der Waals surface area (Å²) in [6, 6.07) is 0. The van der Waals surface area contributed by atoms with E-state index in [0.717, 1.165) is 108 Å². The van der Waals surface area contributed by atoms with Gasteiger partial charge in [-0.15, -0.1) is 0 Å². The number of aliphatic hydroxyl groups is 1. The van der Waals surface area contributed by atoms with Crippen molar-refractivity contribution in [1.82, 2.24) is 0 Å². The number of hydrogen-bond donors (Lipinski definition) is 3. The summed E-state index contributed by atoms with van der Waals surface area (Å²) in [6.07, 6.45) is 72.5. The monoisotopic (exact) mass is 1560 g/mol. The van der Waals surface area contributed by atoms with Gasteiger partial charge in [0.15, 0.2) is 12.2 Å². The molecule has 0 rings (SSSR count). The Labute approximate surface area is 658 Å². The Morgan fingerprint density at radius 2 is 0.477 bits per heavy atom. The number of aliphatic hydroxyl groups excluding tert-OH is 1. The van der Waals surface area contributed by atoms with Crippen LogP contribution < -0.4 is 0 Å². The van der Waals surface area contributed by atoms with Gasteiger partial charge in [-0.25, -0.2) is 9.13 Å². The van der Waals surface area contributed by atoms with Crippen molar-refractivity contribution in [3.05, 3.63) is 0 Å². The van der Waals surface area contributed by atoms with Crippen molar-refractivity contribution in [2.75, 3.05) is 39.6 Å². The molecule has 0 spiro atoms. The molecule has 3 unspecified atom stereocenters. The Morgan fingerprint density at radius 1 is 0.271 bits per heavy atom. The summed E-state index contributed by atoms with van der Waals surface area (Å²) in [5.74, 6) is -0.608. The fourth-order valence-corrected chi connectivity index (χ4v) is 15.3. The number of phosphoric acid groups is 2. The molecule has 0 saturated heterocycles. The average molecular weight is 1560 g/mol. The fraction of sp³-hybridized carbons (Fsp3) is 0.955. The Bertz CT molecular complexity index is 2050. The van der Waals surface area contributed by atoms with Gasteiger partial charge in [0.2, 0.25) is 0 Å². The number of carbonyl (C=O) groups excluding carboxylic acids is 4. The highest BCUT2D eigenvalue weighted by molar-refractivity contribution is 7.47. The molecule has 0 saturated carbocycles. The first-order chi connectivity index (χ1) is 51.9. The summed E-state index contributed by atoms with van der Waals surface area (Å²) >= 11 is 0. The molecule has 0 fully saturated rings. The smallest absolute Gasteiger partial charge is 0.462 e. The second-order valence-electron chi connectivity index (χ2n) is 32.4. The van der Waals surface area contributed by atoms with Crippen LogP contribution in [0.2, 0.25) is 0 Å².